The summed E-state index contributed by atoms with van der Waals surface area (Å²) in [6.45, 7) is 20.6. The fourth-order valence-electron chi connectivity index (χ4n) is 8.22. The zero-order valence-corrected chi connectivity index (χ0v) is 30.8. The summed E-state index contributed by atoms with van der Waals surface area (Å²) >= 11 is 0. The van der Waals surface area contributed by atoms with Gasteiger partial charge in [-0.15, -0.1) is 0 Å². The second-order valence-corrected chi connectivity index (χ2v) is 20.5. The van der Waals surface area contributed by atoms with Crippen molar-refractivity contribution in [2.24, 2.45) is 5.92 Å². The molecule has 10 heteroatoms. The summed E-state index contributed by atoms with van der Waals surface area (Å²) in [6.07, 6.45) is 13.1. The van der Waals surface area contributed by atoms with Gasteiger partial charge in [-0.05, 0) is 92.3 Å². The van der Waals surface area contributed by atoms with Gasteiger partial charge in [-0.3, -0.25) is 0 Å². The number of hydrogen-bond acceptors (Lipinski definition) is 9. The first-order valence-corrected chi connectivity index (χ1v) is 21.1. The molecule has 5 heterocycles. The molecule has 9 nitrogen and oxygen atoms in total. The van der Waals surface area contributed by atoms with Crippen molar-refractivity contribution in [2.45, 2.75) is 171 Å². The molecule has 0 aromatic carbocycles. The maximum Gasteiger partial charge on any atom is 0.184 e. The van der Waals surface area contributed by atoms with Crippen LogP contribution in [-0.4, -0.2) is 101 Å². The highest BCUT2D eigenvalue weighted by Crippen LogP contribution is 2.47. The van der Waals surface area contributed by atoms with Crippen LogP contribution in [0.2, 0.25) is 19.6 Å². The Labute approximate surface area is 279 Å². The first-order chi connectivity index (χ1) is 21.7. The molecule has 5 aliphatic heterocycles. The fourth-order valence-corrected chi connectivity index (χ4v) is 9.86. The van der Waals surface area contributed by atoms with Crippen LogP contribution in [0, 0.1) is 5.92 Å². The first kappa shape index (κ1) is 36.6. The average Bonchev–Trinajstić information content (AvgIpc) is 3.19. The van der Waals surface area contributed by atoms with Gasteiger partial charge in [-0.25, -0.2) is 0 Å². The topological polar surface area (TPSA) is 83.1 Å². The molecule has 5 saturated heterocycles. The van der Waals surface area contributed by atoms with Gasteiger partial charge < -0.3 is 42.3 Å². The molecule has 0 aromatic rings. The summed E-state index contributed by atoms with van der Waals surface area (Å²) in [7, 11) is -0.164. The van der Waals surface area contributed by atoms with E-state index in [4.69, 9.17) is 42.3 Å². The first-order valence-electron chi connectivity index (χ1n) is 17.7. The van der Waals surface area contributed by atoms with E-state index in [0.717, 1.165) is 57.8 Å². The minimum atomic E-state index is -1.83. The Hall–Kier alpha value is -0.663. The van der Waals surface area contributed by atoms with E-state index in [1.807, 2.05) is 26.0 Å². The maximum atomic E-state index is 7.08. The van der Waals surface area contributed by atoms with Crippen LogP contribution in [0.1, 0.15) is 85.5 Å². The van der Waals surface area contributed by atoms with Crippen molar-refractivity contribution >= 4 is 8.32 Å². The van der Waals surface area contributed by atoms with Crippen LogP contribution in [0.3, 0.4) is 0 Å². The molecular formula is C36H62O9Si. The van der Waals surface area contributed by atoms with Crippen molar-refractivity contribution in [3.63, 3.8) is 0 Å². The second-order valence-electron chi connectivity index (χ2n) is 16.1. The highest BCUT2D eigenvalue weighted by Gasteiger charge is 2.56. The predicted molar refractivity (Wildman–Crippen MR) is 179 cm³/mol. The maximum absolute atomic E-state index is 7.08. The summed E-state index contributed by atoms with van der Waals surface area (Å²) in [5.74, 6) is -0.253. The predicted octanol–water partition coefficient (Wildman–Crippen LogP) is 6.70. The molecule has 0 aromatic heterocycles. The molecular weight excluding hydrogens is 604 g/mol. The number of methoxy groups -OCH3 is 1. The summed E-state index contributed by atoms with van der Waals surface area (Å²) in [6, 6.07) is 0. The standard InChI is InChI=1S/C36H62O9Si/c1-10-11-12-13-14-31-36(5,45-46(7,8)9)18-16-28-27(42-31)15-17-35(4)32(43-28)21-30-33(44-35)29(38-24-37-6)20-26(41-30)19-25-22-39-34(2,3)40-23-25/h10-12,25-33H,1,13-24H2,2-9H3/b12-11-/t26-,27+,28-,29+,30-,31-,32+,33+,35-,36+/m1/s1. The zero-order chi connectivity index (χ0) is 33.2. The molecule has 0 amide bonds. The molecule has 46 heavy (non-hydrogen) atoms. The van der Waals surface area contributed by atoms with Gasteiger partial charge in [-0.1, -0.05) is 24.8 Å². The fraction of sp³-hybridized carbons (Fsp3) is 0.889. The third-order valence-corrected chi connectivity index (χ3v) is 11.6. The van der Waals surface area contributed by atoms with Crippen molar-refractivity contribution in [3.8, 4) is 0 Å². The summed E-state index contributed by atoms with van der Waals surface area (Å²) in [4.78, 5) is 0. The highest BCUT2D eigenvalue weighted by atomic mass is 28.4. The van der Waals surface area contributed by atoms with E-state index in [-0.39, 0.29) is 67.1 Å². The number of fused-ring (bicyclic) bond motifs is 3. The van der Waals surface area contributed by atoms with Crippen LogP contribution in [-0.2, 0) is 42.3 Å². The van der Waals surface area contributed by atoms with Crippen LogP contribution in [0.4, 0.5) is 0 Å². The van der Waals surface area contributed by atoms with Crippen molar-refractivity contribution in [1.29, 1.82) is 0 Å². The van der Waals surface area contributed by atoms with Gasteiger partial charge >= 0.3 is 0 Å². The normalized spacial score (nSPS) is 42.0. The second kappa shape index (κ2) is 15.1. The quantitative estimate of drug-likeness (QED) is 0.136. The van der Waals surface area contributed by atoms with Gasteiger partial charge in [0.1, 0.15) is 12.9 Å². The smallest absolute Gasteiger partial charge is 0.184 e. The Morgan fingerprint density at radius 2 is 1.63 bits per heavy atom. The molecule has 5 aliphatic rings. The third kappa shape index (κ3) is 9.11. The van der Waals surface area contributed by atoms with Crippen LogP contribution in [0.25, 0.3) is 0 Å². The van der Waals surface area contributed by atoms with Crippen molar-refractivity contribution in [2.75, 3.05) is 27.1 Å². The van der Waals surface area contributed by atoms with E-state index in [1.54, 1.807) is 7.11 Å². The minimum absolute atomic E-state index is 0.0155. The molecule has 5 rings (SSSR count). The van der Waals surface area contributed by atoms with Crippen LogP contribution in [0.5, 0.6) is 0 Å². The van der Waals surface area contributed by atoms with Crippen LogP contribution in [0.15, 0.2) is 24.8 Å². The number of allylic oxidation sites excluding steroid dienone is 3. The van der Waals surface area contributed by atoms with Gasteiger partial charge in [-0.2, -0.15) is 0 Å². The lowest BCUT2D eigenvalue weighted by atomic mass is 9.81. The number of hydrogen-bond donors (Lipinski definition) is 0. The van der Waals surface area contributed by atoms with E-state index in [2.05, 4.69) is 46.1 Å². The molecule has 0 N–H and O–H groups in total. The summed E-state index contributed by atoms with van der Waals surface area (Å²) < 4.78 is 58.4. The molecule has 10 atom stereocenters. The SMILES string of the molecule is C=C/C=C\CC[C@H]1O[C@H]2CC[C@@]3(C)O[C@H]4[C@@H](OCOC)C[C@@H](CC5COC(C)(C)OC5)O[C@@H]4C[C@@H]3O[C@@H]2CC[C@]1(C)O[Si](C)(C)C. The Morgan fingerprint density at radius 3 is 2.33 bits per heavy atom. The van der Waals surface area contributed by atoms with Crippen molar-refractivity contribution in [3.05, 3.63) is 24.8 Å². The lowest BCUT2D eigenvalue weighted by molar-refractivity contribution is -0.307. The van der Waals surface area contributed by atoms with Crippen LogP contribution < -0.4 is 0 Å². The van der Waals surface area contributed by atoms with Crippen molar-refractivity contribution < 1.29 is 42.3 Å². The summed E-state index contributed by atoms with van der Waals surface area (Å²) in [5, 5.41) is 0. The largest absolute Gasteiger partial charge is 0.410 e. The molecule has 0 radical (unpaired) electrons. The Morgan fingerprint density at radius 1 is 0.913 bits per heavy atom. The van der Waals surface area contributed by atoms with Gasteiger partial charge in [0.05, 0.1) is 67.1 Å². The van der Waals surface area contributed by atoms with Gasteiger partial charge in [0, 0.05) is 25.9 Å². The molecule has 0 unspecified atom stereocenters. The molecule has 0 bridgehead atoms. The zero-order valence-electron chi connectivity index (χ0n) is 29.8. The number of rotatable bonds is 11. The Kier molecular flexibility index (Phi) is 12.0. The van der Waals surface area contributed by atoms with Gasteiger partial charge in [0.15, 0.2) is 14.1 Å². The van der Waals surface area contributed by atoms with E-state index in [0.29, 0.717) is 13.2 Å². The molecule has 0 aliphatic carbocycles. The van der Waals surface area contributed by atoms with Crippen molar-refractivity contribution in [1.82, 2.24) is 0 Å². The molecule has 5 fully saturated rings. The van der Waals surface area contributed by atoms with Gasteiger partial charge in [0.25, 0.3) is 0 Å². The lowest BCUT2D eigenvalue weighted by Gasteiger charge is -2.53. The monoisotopic (exact) mass is 666 g/mol. The highest BCUT2D eigenvalue weighted by molar-refractivity contribution is 6.69. The Balaban J connectivity index is 1.30. The summed E-state index contributed by atoms with van der Waals surface area (Å²) in [5.41, 5.74) is -0.814. The lowest BCUT2D eigenvalue weighted by Crippen LogP contribution is -2.63. The molecule has 0 spiro atoms. The molecule has 0 saturated carbocycles. The van der Waals surface area contributed by atoms with E-state index in [9.17, 15) is 0 Å². The van der Waals surface area contributed by atoms with E-state index < -0.39 is 19.7 Å². The third-order valence-electron chi connectivity index (χ3n) is 10.5. The van der Waals surface area contributed by atoms with E-state index in [1.165, 1.54) is 0 Å². The minimum Gasteiger partial charge on any atom is -0.410 e. The average molecular weight is 667 g/mol. The Bertz CT molecular complexity index is 1020. The van der Waals surface area contributed by atoms with E-state index >= 15 is 0 Å². The van der Waals surface area contributed by atoms with Gasteiger partial charge in [0.2, 0.25) is 0 Å². The number of ether oxygens (including phenoxy) is 8. The van der Waals surface area contributed by atoms with Crippen LogP contribution >= 0.6 is 0 Å². The molecule has 264 valence electrons.